The molecule has 0 bridgehead atoms. The zero-order valence-corrected chi connectivity index (χ0v) is 22.4. The maximum atomic E-state index is 11.6. The Morgan fingerprint density at radius 2 is 1.50 bits per heavy atom. The summed E-state index contributed by atoms with van der Waals surface area (Å²) < 4.78 is 0. The Morgan fingerprint density at radius 3 is 2.00 bits per heavy atom. The minimum Gasteiger partial charge on any atom is -0.369 e. The smallest absolute Gasteiger partial charge is 0.234 e. The lowest BCUT2D eigenvalue weighted by Gasteiger charge is -2.38. The van der Waals surface area contributed by atoms with Gasteiger partial charge in [-0.15, -0.1) is 0 Å². The van der Waals surface area contributed by atoms with Crippen LogP contribution in [-0.4, -0.2) is 49.6 Å². The van der Waals surface area contributed by atoms with Gasteiger partial charge in [0.2, 0.25) is 5.91 Å². The molecule has 1 N–H and O–H groups in total. The van der Waals surface area contributed by atoms with Gasteiger partial charge < -0.3 is 10.2 Å². The molecule has 1 aliphatic carbocycles. The van der Waals surface area contributed by atoms with Crippen LogP contribution in [-0.2, 0) is 15.6 Å². The fourth-order valence-electron chi connectivity index (χ4n) is 5.20. The first-order chi connectivity index (χ1) is 16.0. The molecule has 188 valence electrons. The summed E-state index contributed by atoms with van der Waals surface area (Å²) in [5.74, 6) is 0.645. The van der Waals surface area contributed by atoms with Crippen LogP contribution in [0.25, 0.3) is 0 Å². The average Bonchev–Trinajstić information content (AvgIpc) is 2.78. The molecule has 5 nitrogen and oxygen atoms in total. The molecule has 0 spiro atoms. The number of carbonyl (C=O) groups is 1. The fourth-order valence-corrected chi connectivity index (χ4v) is 5.20. The summed E-state index contributed by atoms with van der Waals surface area (Å²) in [5.41, 5.74) is 4.53. The minimum absolute atomic E-state index is 0.0239. The predicted molar refractivity (Wildman–Crippen MR) is 141 cm³/mol. The van der Waals surface area contributed by atoms with Gasteiger partial charge in [-0.25, -0.2) is 0 Å². The van der Waals surface area contributed by atoms with Crippen molar-refractivity contribution in [2.24, 2.45) is 5.92 Å². The number of anilines is 1. The summed E-state index contributed by atoms with van der Waals surface area (Å²) in [4.78, 5) is 16.9. The zero-order valence-electron chi connectivity index (χ0n) is 22.4. The van der Waals surface area contributed by atoms with Crippen molar-refractivity contribution in [3.8, 4) is 6.07 Å². The van der Waals surface area contributed by atoms with Gasteiger partial charge in [-0.3, -0.25) is 9.69 Å². The first kappa shape index (κ1) is 26.5. The van der Waals surface area contributed by atoms with Crippen LogP contribution in [0.2, 0.25) is 0 Å². The van der Waals surface area contributed by atoms with E-state index in [1.807, 2.05) is 6.07 Å². The third-order valence-electron chi connectivity index (χ3n) is 7.69. The molecule has 1 heterocycles. The van der Waals surface area contributed by atoms with Gasteiger partial charge >= 0.3 is 0 Å². The van der Waals surface area contributed by atoms with Crippen molar-refractivity contribution in [2.45, 2.75) is 96.9 Å². The van der Waals surface area contributed by atoms with E-state index >= 15 is 0 Å². The number of nitrogens with one attached hydrogen (secondary N) is 1. The zero-order chi connectivity index (χ0) is 24.9. The minimum atomic E-state index is -0.119. The lowest BCUT2D eigenvalue weighted by atomic mass is 9.80. The largest absolute Gasteiger partial charge is 0.369 e. The molecule has 2 fully saturated rings. The van der Waals surface area contributed by atoms with Crippen LogP contribution < -0.4 is 10.2 Å². The Kier molecular flexibility index (Phi) is 8.68. The molecular formula is C29H46N4O. The summed E-state index contributed by atoms with van der Waals surface area (Å²) in [6.45, 7) is 19.5. The Labute approximate surface area is 207 Å². The lowest BCUT2D eigenvalue weighted by Crippen LogP contribution is -2.47. The van der Waals surface area contributed by atoms with Crippen molar-refractivity contribution in [1.82, 2.24) is 10.2 Å². The van der Waals surface area contributed by atoms with E-state index in [4.69, 9.17) is 5.26 Å². The molecular weight excluding hydrogens is 420 g/mol. The number of piperazine rings is 1. The standard InChI is InChI=1S/C29H46N4O/c1-28(2,3)23-19-24(29(4,5)6)21-26(20-23)33-17-15-32(16-18-33)14-12-22-7-9-25(10-8-22)31-27(34)11-13-30/h19-22,25H,7-12,14-18H2,1-6H3,(H,31,34). The van der Waals surface area contributed by atoms with Gasteiger partial charge in [0, 0.05) is 37.9 Å². The molecule has 1 aromatic rings. The van der Waals surface area contributed by atoms with Gasteiger partial charge in [0.15, 0.2) is 0 Å². The van der Waals surface area contributed by atoms with Gasteiger partial charge in [-0.1, -0.05) is 47.6 Å². The highest BCUT2D eigenvalue weighted by atomic mass is 16.1. The molecule has 0 unspecified atom stereocenters. The SMILES string of the molecule is CC(C)(C)c1cc(N2CCN(CCC3CCC(NC(=O)CC#N)CC3)CC2)cc(C(C)(C)C)c1. The van der Waals surface area contributed by atoms with Crippen molar-refractivity contribution in [2.75, 3.05) is 37.6 Å². The molecule has 1 aliphatic heterocycles. The topological polar surface area (TPSA) is 59.4 Å². The summed E-state index contributed by atoms with van der Waals surface area (Å²) in [5, 5.41) is 11.7. The van der Waals surface area contributed by atoms with E-state index in [-0.39, 0.29) is 29.2 Å². The second kappa shape index (κ2) is 11.1. The summed E-state index contributed by atoms with van der Waals surface area (Å²) >= 11 is 0. The van der Waals surface area contributed by atoms with Gasteiger partial charge in [-0.2, -0.15) is 5.26 Å². The molecule has 1 aromatic carbocycles. The summed E-state index contributed by atoms with van der Waals surface area (Å²) in [7, 11) is 0. The number of hydrogen-bond acceptors (Lipinski definition) is 4. The highest BCUT2D eigenvalue weighted by Crippen LogP contribution is 2.34. The van der Waals surface area contributed by atoms with Crippen LogP contribution in [0.1, 0.15) is 91.2 Å². The lowest BCUT2D eigenvalue weighted by molar-refractivity contribution is -0.121. The number of rotatable bonds is 6. The van der Waals surface area contributed by atoms with Crippen LogP contribution in [0.5, 0.6) is 0 Å². The second-order valence-electron chi connectivity index (χ2n) is 12.5. The molecule has 1 saturated heterocycles. The van der Waals surface area contributed by atoms with E-state index < -0.39 is 0 Å². The van der Waals surface area contributed by atoms with Crippen molar-refractivity contribution in [3.05, 3.63) is 29.3 Å². The van der Waals surface area contributed by atoms with E-state index in [2.05, 4.69) is 74.9 Å². The van der Waals surface area contributed by atoms with Gasteiger partial charge in [0.25, 0.3) is 0 Å². The Bertz CT molecular complexity index is 825. The summed E-state index contributed by atoms with van der Waals surface area (Å²) in [6.07, 6.45) is 5.71. The Hall–Kier alpha value is -2.06. The van der Waals surface area contributed by atoms with Crippen molar-refractivity contribution in [1.29, 1.82) is 5.26 Å². The van der Waals surface area contributed by atoms with Crippen LogP contribution in [0.3, 0.4) is 0 Å². The maximum absolute atomic E-state index is 11.6. The monoisotopic (exact) mass is 466 g/mol. The average molecular weight is 467 g/mol. The van der Waals surface area contributed by atoms with Crippen molar-refractivity contribution < 1.29 is 4.79 Å². The molecule has 1 saturated carbocycles. The van der Waals surface area contributed by atoms with Crippen molar-refractivity contribution >= 4 is 11.6 Å². The first-order valence-corrected chi connectivity index (χ1v) is 13.3. The molecule has 0 radical (unpaired) electrons. The van der Waals surface area contributed by atoms with E-state index in [1.54, 1.807) is 0 Å². The van der Waals surface area contributed by atoms with Crippen LogP contribution >= 0.6 is 0 Å². The number of nitriles is 1. The number of nitrogens with zero attached hydrogens (tertiary/aromatic N) is 3. The van der Waals surface area contributed by atoms with Crippen LogP contribution in [0, 0.1) is 17.2 Å². The number of amides is 1. The van der Waals surface area contributed by atoms with Crippen LogP contribution in [0.15, 0.2) is 18.2 Å². The quantitative estimate of drug-likeness (QED) is 0.611. The van der Waals surface area contributed by atoms with Gasteiger partial charge in [-0.05, 0) is 78.7 Å². The molecule has 2 aliphatic rings. The van der Waals surface area contributed by atoms with E-state index in [0.717, 1.165) is 44.9 Å². The van der Waals surface area contributed by atoms with E-state index in [1.165, 1.54) is 42.6 Å². The van der Waals surface area contributed by atoms with Gasteiger partial charge in [0.05, 0.1) is 6.07 Å². The van der Waals surface area contributed by atoms with E-state index in [9.17, 15) is 4.79 Å². The third-order valence-corrected chi connectivity index (χ3v) is 7.69. The Balaban J connectivity index is 1.48. The predicted octanol–water partition coefficient (Wildman–Crippen LogP) is 5.38. The highest BCUT2D eigenvalue weighted by molar-refractivity contribution is 5.78. The molecule has 34 heavy (non-hydrogen) atoms. The molecule has 0 aromatic heterocycles. The fraction of sp³-hybridized carbons (Fsp3) is 0.724. The first-order valence-electron chi connectivity index (χ1n) is 13.3. The van der Waals surface area contributed by atoms with Crippen molar-refractivity contribution in [3.63, 3.8) is 0 Å². The molecule has 0 atom stereocenters. The van der Waals surface area contributed by atoms with Crippen LogP contribution in [0.4, 0.5) is 5.69 Å². The molecule has 1 amide bonds. The normalized spacial score (nSPS) is 22.3. The highest BCUT2D eigenvalue weighted by Gasteiger charge is 2.26. The number of hydrogen-bond donors (Lipinski definition) is 1. The number of benzene rings is 1. The summed E-state index contributed by atoms with van der Waals surface area (Å²) in [6, 6.07) is 9.44. The maximum Gasteiger partial charge on any atom is 0.234 e. The molecule has 3 rings (SSSR count). The van der Waals surface area contributed by atoms with Gasteiger partial charge in [0.1, 0.15) is 6.42 Å². The molecule has 5 heteroatoms. The number of carbonyl (C=O) groups excluding carboxylic acids is 1. The second-order valence-corrected chi connectivity index (χ2v) is 12.5. The Morgan fingerprint density at radius 1 is 0.941 bits per heavy atom. The third kappa shape index (κ3) is 7.47. The van der Waals surface area contributed by atoms with E-state index in [0.29, 0.717) is 0 Å².